The summed E-state index contributed by atoms with van der Waals surface area (Å²) in [6.45, 7) is 3.71. The zero-order valence-corrected chi connectivity index (χ0v) is 14.9. The summed E-state index contributed by atoms with van der Waals surface area (Å²) < 4.78 is 15.5. The van der Waals surface area contributed by atoms with Gasteiger partial charge in [-0.05, 0) is 62.1 Å². The van der Waals surface area contributed by atoms with Crippen molar-refractivity contribution in [2.45, 2.75) is 32.7 Å². The SMILES string of the molecule is Cc1ccnc(NC(=O)c2c(O)c3cc(F)cc4c3n(c2=O)[C@@H](C)CC4)c1. The molecule has 1 aliphatic heterocycles. The molecule has 0 aliphatic carbocycles. The average Bonchev–Trinajstić information content (AvgIpc) is 2.60. The molecule has 1 aliphatic rings. The lowest BCUT2D eigenvalue weighted by molar-refractivity contribution is 0.102. The number of carbonyl (C=O) groups is 1. The molecular weight excluding hydrogens is 349 g/mol. The topological polar surface area (TPSA) is 84.2 Å². The zero-order valence-electron chi connectivity index (χ0n) is 14.9. The van der Waals surface area contributed by atoms with Crippen molar-refractivity contribution in [3.63, 3.8) is 0 Å². The number of pyridine rings is 2. The maximum atomic E-state index is 14.0. The minimum Gasteiger partial charge on any atom is -0.506 e. The highest BCUT2D eigenvalue weighted by Gasteiger charge is 2.28. The van der Waals surface area contributed by atoms with Gasteiger partial charge in [-0.15, -0.1) is 0 Å². The molecule has 7 heteroatoms. The first-order chi connectivity index (χ1) is 12.9. The van der Waals surface area contributed by atoms with Crippen molar-refractivity contribution in [1.82, 2.24) is 9.55 Å². The van der Waals surface area contributed by atoms with E-state index in [-0.39, 0.29) is 17.2 Å². The number of amides is 1. The number of nitrogens with one attached hydrogen (secondary N) is 1. The number of aryl methyl sites for hydroxylation is 2. The number of hydrogen-bond donors (Lipinski definition) is 2. The first kappa shape index (κ1) is 17.2. The molecule has 2 N–H and O–H groups in total. The lowest BCUT2D eigenvalue weighted by Gasteiger charge is -2.26. The lowest BCUT2D eigenvalue weighted by atomic mass is 9.95. The largest absolute Gasteiger partial charge is 0.506 e. The Morgan fingerprint density at radius 2 is 2.15 bits per heavy atom. The fourth-order valence-corrected chi connectivity index (χ4v) is 3.67. The molecule has 6 nitrogen and oxygen atoms in total. The van der Waals surface area contributed by atoms with Crippen molar-refractivity contribution in [1.29, 1.82) is 0 Å². The highest BCUT2D eigenvalue weighted by Crippen LogP contribution is 2.35. The average molecular weight is 367 g/mol. The third-order valence-corrected chi connectivity index (χ3v) is 4.98. The molecule has 3 aromatic rings. The number of benzene rings is 1. The van der Waals surface area contributed by atoms with Gasteiger partial charge in [0.25, 0.3) is 11.5 Å². The van der Waals surface area contributed by atoms with E-state index in [1.54, 1.807) is 12.1 Å². The normalized spacial score (nSPS) is 15.7. The second-order valence-corrected chi connectivity index (χ2v) is 6.92. The summed E-state index contributed by atoms with van der Waals surface area (Å²) in [7, 11) is 0. The molecule has 4 rings (SSSR count). The van der Waals surface area contributed by atoms with E-state index in [2.05, 4.69) is 10.3 Å². The molecule has 1 amide bonds. The van der Waals surface area contributed by atoms with E-state index in [1.807, 2.05) is 13.8 Å². The second kappa shape index (κ2) is 6.19. The molecule has 0 spiro atoms. The number of rotatable bonds is 2. The van der Waals surface area contributed by atoms with E-state index in [0.29, 0.717) is 23.9 Å². The Balaban J connectivity index is 1.94. The first-order valence-electron chi connectivity index (χ1n) is 8.70. The standard InChI is InChI=1S/C20H18FN3O3/c1-10-5-6-22-15(7-10)23-19(26)16-18(25)14-9-13(21)8-12-4-3-11(2)24(17(12)14)20(16)27/h5-9,11,25H,3-4H2,1-2H3,(H,22,23,26)/t11-/m0/s1. The Labute approximate surface area is 154 Å². The maximum Gasteiger partial charge on any atom is 0.267 e. The molecular formula is C20H18FN3O3. The van der Waals surface area contributed by atoms with Gasteiger partial charge in [-0.2, -0.15) is 0 Å². The molecule has 0 unspecified atom stereocenters. The summed E-state index contributed by atoms with van der Waals surface area (Å²) in [5.74, 6) is -1.53. The predicted octanol–water partition coefficient (Wildman–Crippen LogP) is 3.31. The van der Waals surface area contributed by atoms with Crippen LogP contribution in [0.3, 0.4) is 0 Å². The minimum atomic E-state index is -0.773. The Kier molecular flexibility index (Phi) is 3.95. The van der Waals surface area contributed by atoms with Gasteiger partial charge in [0.1, 0.15) is 22.9 Å². The quantitative estimate of drug-likeness (QED) is 0.728. The molecule has 2 aromatic heterocycles. The van der Waals surface area contributed by atoms with E-state index in [4.69, 9.17) is 0 Å². The van der Waals surface area contributed by atoms with E-state index >= 15 is 0 Å². The Hall–Kier alpha value is -3.22. The van der Waals surface area contributed by atoms with Gasteiger partial charge in [0, 0.05) is 17.6 Å². The van der Waals surface area contributed by atoms with Crippen LogP contribution in [0.5, 0.6) is 5.75 Å². The highest BCUT2D eigenvalue weighted by atomic mass is 19.1. The smallest absolute Gasteiger partial charge is 0.267 e. The Morgan fingerprint density at radius 1 is 1.37 bits per heavy atom. The summed E-state index contributed by atoms with van der Waals surface area (Å²) in [4.78, 5) is 29.8. The molecule has 0 saturated heterocycles. The van der Waals surface area contributed by atoms with Crippen molar-refractivity contribution in [2.24, 2.45) is 0 Å². The number of aromatic nitrogens is 2. The minimum absolute atomic E-state index is 0.165. The molecule has 27 heavy (non-hydrogen) atoms. The van der Waals surface area contributed by atoms with Gasteiger partial charge in [0.05, 0.1) is 5.52 Å². The summed E-state index contributed by atoms with van der Waals surface area (Å²) in [6, 6.07) is 5.79. The summed E-state index contributed by atoms with van der Waals surface area (Å²) in [5, 5.41) is 13.4. The van der Waals surface area contributed by atoms with Crippen molar-refractivity contribution in [3.05, 3.63) is 63.3 Å². The zero-order chi connectivity index (χ0) is 19.3. The fourth-order valence-electron chi connectivity index (χ4n) is 3.67. The van der Waals surface area contributed by atoms with Crippen LogP contribution in [0.1, 0.15) is 40.9 Å². The lowest BCUT2D eigenvalue weighted by Crippen LogP contribution is -2.33. The number of hydrogen-bond acceptors (Lipinski definition) is 4. The van der Waals surface area contributed by atoms with Crippen LogP contribution < -0.4 is 10.9 Å². The van der Waals surface area contributed by atoms with Crippen LogP contribution in [0, 0.1) is 12.7 Å². The third kappa shape index (κ3) is 2.75. The molecule has 0 bridgehead atoms. The van der Waals surface area contributed by atoms with Crippen LogP contribution in [0.25, 0.3) is 10.9 Å². The molecule has 0 radical (unpaired) electrons. The number of aromatic hydroxyl groups is 1. The second-order valence-electron chi connectivity index (χ2n) is 6.92. The van der Waals surface area contributed by atoms with E-state index in [1.165, 1.54) is 16.8 Å². The van der Waals surface area contributed by atoms with Gasteiger partial charge in [0.15, 0.2) is 0 Å². The molecule has 0 saturated carbocycles. The predicted molar refractivity (Wildman–Crippen MR) is 99.8 cm³/mol. The number of halogens is 1. The summed E-state index contributed by atoms with van der Waals surface area (Å²) >= 11 is 0. The van der Waals surface area contributed by atoms with Gasteiger partial charge in [-0.3, -0.25) is 9.59 Å². The number of anilines is 1. The van der Waals surface area contributed by atoms with Gasteiger partial charge >= 0.3 is 0 Å². The highest BCUT2D eigenvalue weighted by molar-refractivity contribution is 6.09. The molecule has 0 fully saturated rings. The third-order valence-electron chi connectivity index (χ3n) is 4.98. The van der Waals surface area contributed by atoms with Crippen LogP contribution >= 0.6 is 0 Å². The maximum absolute atomic E-state index is 14.0. The Morgan fingerprint density at radius 3 is 2.89 bits per heavy atom. The fraction of sp³-hybridized carbons (Fsp3) is 0.250. The summed E-state index contributed by atoms with van der Waals surface area (Å²) in [5.41, 5.74) is 1.03. The van der Waals surface area contributed by atoms with Crippen molar-refractivity contribution >= 4 is 22.6 Å². The van der Waals surface area contributed by atoms with Gasteiger partial charge in [0.2, 0.25) is 0 Å². The van der Waals surface area contributed by atoms with Crippen molar-refractivity contribution in [3.8, 4) is 5.75 Å². The molecule has 1 atom stereocenters. The monoisotopic (exact) mass is 367 g/mol. The van der Waals surface area contributed by atoms with Crippen molar-refractivity contribution < 1.29 is 14.3 Å². The van der Waals surface area contributed by atoms with E-state index in [0.717, 1.165) is 11.6 Å². The van der Waals surface area contributed by atoms with E-state index < -0.39 is 28.6 Å². The van der Waals surface area contributed by atoms with Gasteiger partial charge in [-0.25, -0.2) is 9.37 Å². The first-order valence-corrected chi connectivity index (χ1v) is 8.70. The van der Waals surface area contributed by atoms with Crippen LogP contribution in [-0.2, 0) is 6.42 Å². The summed E-state index contributed by atoms with van der Waals surface area (Å²) in [6.07, 6.45) is 2.79. The van der Waals surface area contributed by atoms with Crippen LogP contribution in [0.4, 0.5) is 10.2 Å². The van der Waals surface area contributed by atoms with Crippen LogP contribution in [-0.4, -0.2) is 20.6 Å². The van der Waals surface area contributed by atoms with Crippen LogP contribution in [0.2, 0.25) is 0 Å². The molecule has 138 valence electrons. The van der Waals surface area contributed by atoms with E-state index in [9.17, 15) is 19.1 Å². The van der Waals surface area contributed by atoms with Gasteiger partial charge in [-0.1, -0.05) is 0 Å². The number of carbonyl (C=O) groups excluding carboxylic acids is 1. The van der Waals surface area contributed by atoms with Crippen molar-refractivity contribution in [2.75, 3.05) is 5.32 Å². The number of nitrogens with zero attached hydrogens (tertiary/aromatic N) is 2. The molecule has 1 aromatic carbocycles. The molecule has 3 heterocycles. The Bertz CT molecular complexity index is 1150. The van der Waals surface area contributed by atoms with Gasteiger partial charge < -0.3 is 15.0 Å². The van der Waals surface area contributed by atoms with Crippen LogP contribution in [0.15, 0.2) is 35.3 Å².